The molecule has 0 saturated heterocycles. The van der Waals surface area contributed by atoms with E-state index in [0.29, 0.717) is 36.6 Å². The van der Waals surface area contributed by atoms with Crippen LogP contribution in [0.4, 0.5) is 5.69 Å². The highest BCUT2D eigenvalue weighted by Crippen LogP contribution is 2.25. The van der Waals surface area contributed by atoms with Crippen molar-refractivity contribution in [3.8, 4) is 11.8 Å². The standard InChI is InChI=1S/C19H28N2O3/c1-5-10-19(4,24-12-7-3)18(22)21-17-9-8-16(23-11-6-2)13-15(17)14-20/h8-9,13H,5-7,10-12H2,1-4H3,(H,21,22). The van der Waals surface area contributed by atoms with Crippen molar-refractivity contribution < 1.29 is 14.3 Å². The van der Waals surface area contributed by atoms with Crippen LogP contribution in [-0.4, -0.2) is 24.7 Å². The topological polar surface area (TPSA) is 71.3 Å². The molecule has 1 aromatic rings. The van der Waals surface area contributed by atoms with Gasteiger partial charge in [0.15, 0.2) is 0 Å². The van der Waals surface area contributed by atoms with E-state index in [9.17, 15) is 10.1 Å². The summed E-state index contributed by atoms with van der Waals surface area (Å²) in [6.45, 7) is 8.96. The number of amides is 1. The molecule has 5 heteroatoms. The van der Waals surface area contributed by atoms with Crippen LogP contribution in [0.15, 0.2) is 18.2 Å². The molecule has 1 aromatic carbocycles. The number of benzene rings is 1. The van der Waals surface area contributed by atoms with E-state index in [0.717, 1.165) is 19.3 Å². The van der Waals surface area contributed by atoms with Gasteiger partial charge in [0.2, 0.25) is 0 Å². The Hall–Kier alpha value is -2.06. The van der Waals surface area contributed by atoms with Gasteiger partial charge < -0.3 is 14.8 Å². The van der Waals surface area contributed by atoms with Crippen LogP contribution in [0.25, 0.3) is 0 Å². The van der Waals surface area contributed by atoms with E-state index in [-0.39, 0.29) is 5.91 Å². The maximum absolute atomic E-state index is 12.7. The second-order valence-electron chi connectivity index (χ2n) is 5.95. The normalized spacial score (nSPS) is 13.0. The Labute approximate surface area is 145 Å². The van der Waals surface area contributed by atoms with Gasteiger partial charge in [-0.15, -0.1) is 0 Å². The van der Waals surface area contributed by atoms with Crippen LogP contribution in [0.2, 0.25) is 0 Å². The van der Waals surface area contributed by atoms with Gasteiger partial charge in [-0.25, -0.2) is 0 Å². The molecule has 24 heavy (non-hydrogen) atoms. The van der Waals surface area contributed by atoms with E-state index in [1.54, 1.807) is 25.1 Å². The summed E-state index contributed by atoms with van der Waals surface area (Å²) in [5.41, 5.74) is -0.0328. The molecule has 0 fully saturated rings. The Balaban J connectivity index is 2.93. The largest absolute Gasteiger partial charge is 0.494 e. The van der Waals surface area contributed by atoms with E-state index in [2.05, 4.69) is 11.4 Å². The van der Waals surface area contributed by atoms with Crippen LogP contribution in [0.5, 0.6) is 5.75 Å². The number of anilines is 1. The van der Waals surface area contributed by atoms with Gasteiger partial charge in [-0.1, -0.05) is 27.2 Å². The minimum atomic E-state index is -0.894. The Morgan fingerprint density at radius 3 is 2.50 bits per heavy atom. The molecule has 0 saturated carbocycles. The maximum atomic E-state index is 12.7. The predicted molar refractivity (Wildman–Crippen MR) is 95.1 cm³/mol. The van der Waals surface area contributed by atoms with Crippen LogP contribution in [0.3, 0.4) is 0 Å². The monoisotopic (exact) mass is 332 g/mol. The minimum Gasteiger partial charge on any atom is -0.494 e. The molecule has 1 N–H and O–H groups in total. The molecule has 0 aromatic heterocycles. The summed E-state index contributed by atoms with van der Waals surface area (Å²) in [6, 6.07) is 7.22. The van der Waals surface area contributed by atoms with E-state index in [4.69, 9.17) is 9.47 Å². The number of nitrogens with one attached hydrogen (secondary N) is 1. The van der Waals surface area contributed by atoms with Crippen LogP contribution in [0, 0.1) is 11.3 Å². The average Bonchev–Trinajstić information content (AvgIpc) is 2.59. The van der Waals surface area contributed by atoms with Gasteiger partial charge in [-0.2, -0.15) is 5.26 Å². The molecule has 0 heterocycles. The molecule has 0 spiro atoms. The van der Waals surface area contributed by atoms with Gasteiger partial charge in [0.05, 0.1) is 17.9 Å². The Morgan fingerprint density at radius 2 is 1.92 bits per heavy atom. The molecule has 0 aliphatic rings. The van der Waals surface area contributed by atoms with E-state index in [1.165, 1.54) is 0 Å². The van der Waals surface area contributed by atoms with Gasteiger partial charge in [0.1, 0.15) is 17.4 Å². The summed E-state index contributed by atoms with van der Waals surface area (Å²) < 4.78 is 11.3. The molecule has 0 bridgehead atoms. The first-order valence-corrected chi connectivity index (χ1v) is 8.63. The highest BCUT2D eigenvalue weighted by molar-refractivity contribution is 5.98. The zero-order valence-electron chi connectivity index (χ0n) is 15.1. The fourth-order valence-electron chi connectivity index (χ4n) is 2.34. The Bertz CT molecular complexity index is 580. The second-order valence-corrected chi connectivity index (χ2v) is 5.95. The molecule has 5 nitrogen and oxygen atoms in total. The Morgan fingerprint density at radius 1 is 1.21 bits per heavy atom. The number of rotatable bonds is 10. The molecule has 1 rings (SSSR count). The molecular formula is C19H28N2O3. The second kappa shape index (κ2) is 9.94. The lowest BCUT2D eigenvalue weighted by atomic mass is 9.98. The first kappa shape index (κ1) is 20.0. The van der Waals surface area contributed by atoms with Gasteiger partial charge in [-0.05, 0) is 44.4 Å². The van der Waals surface area contributed by atoms with Crippen LogP contribution in [-0.2, 0) is 9.53 Å². The number of hydrogen-bond donors (Lipinski definition) is 1. The van der Waals surface area contributed by atoms with E-state index >= 15 is 0 Å². The summed E-state index contributed by atoms with van der Waals surface area (Å²) in [4.78, 5) is 12.7. The highest BCUT2D eigenvalue weighted by atomic mass is 16.5. The number of carbonyl (C=O) groups excluding carboxylic acids is 1. The molecular weight excluding hydrogens is 304 g/mol. The van der Waals surface area contributed by atoms with Gasteiger partial charge >= 0.3 is 0 Å². The number of hydrogen-bond acceptors (Lipinski definition) is 4. The van der Waals surface area contributed by atoms with Crippen molar-refractivity contribution in [1.82, 2.24) is 0 Å². The third kappa shape index (κ3) is 5.54. The first-order chi connectivity index (χ1) is 11.5. The smallest absolute Gasteiger partial charge is 0.256 e. The van der Waals surface area contributed by atoms with Crippen molar-refractivity contribution in [1.29, 1.82) is 5.26 Å². The van der Waals surface area contributed by atoms with Crippen molar-refractivity contribution in [2.45, 2.75) is 59.0 Å². The number of nitriles is 1. The van der Waals surface area contributed by atoms with Crippen molar-refractivity contribution in [2.75, 3.05) is 18.5 Å². The molecule has 0 aliphatic heterocycles. The molecule has 1 unspecified atom stereocenters. The van der Waals surface area contributed by atoms with Crippen molar-refractivity contribution in [2.24, 2.45) is 0 Å². The quantitative estimate of drug-likeness (QED) is 0.694. The third-order valence-electron chi connectivity index (χ3n) is 3.66. The lowest BCUT2D eigenvalue weighted by Gasteiger charge is -2.28. The van der Waals surface area contributed by atoms with Gasteiger partial charge in [-0.3, -0.25) is 4.79 Å². The summed E-state index contributed by atoms with van der Waals surface area (Å²) in [5.74, 6) is 0.404. The molecule has 1 atom stereocenters. The van der Waals surface area contributed by atoms with Crippen LogP contribution < -0.4 is 10.1 Å². The zero-order chi connectivity index (χ0) is 18.0. The van der Waals surface area contributed by atoms with Crippen molar-refractivity contribution >= 4 is 11.6 Å². The lowest BCUT2D eigenvalue weighted by molar-refractivity contribution is -0.140. The molecule has 0 aliphatic carbocycles. The lowest BCUT2D eigenvalue weighted by Crippen LogP contribution is -2.43. The summed E-state index contributed by atoms with van der Waals surface area (Å²) in [6.07, 6.45) is 3.20. The van der Waals surface area contributed by atoms with E-state index in [1.807, 2.05) is 20.8 Å². The maximum Gasteiger partial charge on any atom is 0.256 e. The summed E-state index contributed by atoms with van der Waals surface area (Å²) >= 11 is 0. The SMILES string of the molecule is CCCOc1ccc(NC(=O)C(C)(CCC)OCCC)c(C#N)c1. The number of carbonyl (C=O) groups is 1. The van der Waals surface area contributed by atoms with Gasteiger partial charge in [0, 0.05) is 6.61 Å². The fraction of sp³-hybridized carbons (Fsp3) is 0.579. The minimum absolute atomic E-state index is 0.225. The van der Waals surface area contributed by atoms with Crippen molar-refractivity contribution in [3.05, 3.63) is 23.8 Å². The number of nitrogens with zero attached hydrogens (tertiary/aromatic N) is 1. The highest BCUT2D eigenvalue weighted by Gasteiger charge is 2.33. The van der Waals surface area contributed by atoms with Gasteiger partial charge in [0.25, 0.3) is 5.91 Å². The molecule has 0 radical (unpaired) electrons. The molecule has 132 valence electrons. The summed E-state index contributed by atoms with van der Waals surface area (Å²) in [7, 11) is 0. The van der Waals surface area contributed by atoms with E-state index < -0.39 is 5.60 Å². The Kier molecular flexibility index (Phi) is 8.28. The van der Waals surface area contributed by atoms with Crippen LogP contribution >= 0.6 is 0 Å². The van der Waals surface area contributed by atoms with Crippen molar-refractivity contribution in [3.63, 3.8) is 0 Å². The zero-order valence-corrected chi connectivity index (χ0v) is 15.1. The summed E-state index contributed by atoms with van der Waals surface area (Å²) in [5, 5.41) is 12.2. The fourth-order valence-corrected chi connectivity index (χ4v) is 2.34. The molecule has 1 amide bonds. The third-order valence-corrected chi connectivity index (χ3v) is 3.66. The van der Waals surface area contributed by atoms with Crippen LogP contribution in [0.1, 0.15) is 58.9 Å². The first-order valence-electron chi connectivity index (χ1n) is 8.63. The average molecular weight is 332 g/mol. The number of ether oxygens (including phenoxy) is 2. The predicted octanol–water partition coefficient (Wildman–Crippen LogP) is 4.27.